The first kappa shape index (κ1) is 22.7. The van der Waals surface area contributed by atoms with Crippen molar-refractivity contribution >= 4 is 22.5 Å². The van der Waals surface area contributed by atoms with Gasteiger partial charge in [0.25, 0.3) is 5.91 Å². The van der Waals surface area contributed by atoms with E-state index in [1.165, 1.54) is 12.8 Å². The van der Waals surface area contributed by atoms with Crippen molar-refractivity contribution in [1.82, 2.24) is 14.8 Å². The number of hydrogen-bond donors (Lipinski definition) is 1. The first-order valence-corrected chi connectivity index (χ1v) is 12.2. The quantitative estimate of drug-likeness (QED) is 0.583. The molecule has 1 fully saturated rings. The van der Waals surface area contributed by atoms with Crippen molar-refractivity contribution in [3.8, 4) is 11.6 Å². The lowest BCUT2D eigenvalue weighted by molar-refractivity contribution is 0.0751. The smallest absolute Gasteiger partial charge is 0.274 e. The van der Waals surface area contributed by atoms with Crippen LogP contribution < -0.4 is 14.8 Å². The molecule has 0 unspecified atom stereocenters. The van der Waals surface area contributed by atoms with Gasteiger partial charge >= 0.3 is 0 Å². The molecular formula is C26H32N4O4. The summed E-state index contributed by atoms with van der Waals surface area (Å²) >= 11 is 0. The van der Waals surface area contributed by atoms with Crippen LogP contribution in [0.1, 0.15) is 56.1 Å². The van der Waals surface area contributed by atoms with Gasteiger partial charge in [0.05, 0.1) is 30.5 Å². The van der Waals surface area contributed by atoms with Crippen LogP contribution in [-0.4, -0.2) is 47.1 Å². The molecule has 34 heavy (non-hydrogen) atoms. The maximum Gasteiger partial charge on any atom is 0.274 e. The highest BCUT2D eigenvalue weighted by molar-refractivity contribution is 6.05. The minimum atomic E-state index is -0.317. The fourth-order valence-corrected chi connectivity index (χ4v) is 4.83. The van der Waals surface area contributed by atoms with Crippen LogP contribution in [0.3, 0.4) is 0 Å². The summed E-state index contributed by atoms with van der Waals surface area (Å²) in [5.41, 5.74) is 1.72. The van der Waals surface area contributed by atoms with Crippen molar-refractivity contribution in [1.29, 1.82) is 0 Å². The minimum absolute atomic E-state index is 0.277. The second-order valence-corrected chi connectivity index (χ2v) is 9.45. The number of amides is 1. The van der Waals surface area contributed by atoms with Crippen LogP contribution in [0.15, 0.2) is 36.5 Å². The van der Waals surface area contributed by atoms with E-state index in [4.69, 9.17) is 19.3 Å². The van der Waals surface area contributed by atoms with Crippen molar-refractivity contribution < 1.29 is 19.0 Å². The zero-order valence-electron chi connectivity index (χ0n) is 19.8. The molecule has 1 aliphatic carbocycles. The van der Waals surface area contributed by atoms with Crippen LogP contribution in [0.25, 0.3) is 10.9 Å². The lowest BCUT2D eigenvalue weighted by Gasteiger charge is -2.30. The Hall–Kier alpha value is -3.13. The van der Waals surface area contributed by atoms with E-state index in [1.807, 2.05) is 12.1 Å². The maximum absolute atomic E-state index is 13.0. The number of aromatic nitrogens is 3. The molecule has 0 saturated heterocycles. The average molecular weight is 465 g/mol. The molecule has 1 aliphatic heterocycles. The molecular weight excluding hydrogens is 432 g/mol. The van der Waals surface area contributed by atoms with Gasteiger partial charge < -0.3 is 19.5 Å². The number of nitrogens with zero attached hydrogens (tertiary/aromatic N) is 3. The minimum Gasteiger partial charge on any atom is -0.489 e. The number of carbonyl (C=O) groups is 1. The Balaban J connectivity index is 1.43. The first-order chi connectivity index (χ1) is 16.6. The monoisotopic (exact) mass is 464 g/mol. The number of ether oxygens (including phenoxy) is 3. The van der Waals surface area contributed by atoms with Gasteiger partial charge in [-0.05, 0) is 49.7 Å². The Morgan fingerprint density at radius 1 is 1.03 bits per heavy atom. The summed E-state index contributed by atoms with van der Waals surface area (Å²) in [6, 6.07) is 9.38. The molecule has 1 N–H and O–H groups in total. The van der Waals surface area contributed by atoms with Gasteiger partial charge in [0.15, 0.2) is 0 Å². The molecule has 3 heterocycles. The lowest BCUT2D eigenvalue weighted by atomic mass is 9.80. The molecule has 2 aliphatic rings. The van der Waals surface area contributed by atoms with E-state index < -0.39 is 0 Å². The van der Waals surface area contributed by atoms with E-state index in [9.17, 15) is 4.79 Å². The van der Waals surface area contributed by atoms with Gasteiger partial charge in [0.2, 0.25) is 5.88 Å². The molecule has 2 aromatic heterocycles. The number of pyridine rings is 1. The van der Waals surface area contributed by atoms with E-state index in [0.717, 1.165) is 35.6 Å². The second kappa shape index (κ2) is 10.0. The Labute approximate surface area is 199 Å². The summed E-state index contributed by atoms with van der Waals surface area (Å²) in [5, 5.41) is 8.81. The van der Waals surface area contributed by atoms with E-state index in [1.54, 1.807) is 18.2 Å². The van der Waals surface area contributed by atoms with E-state index >= 15 is 0 Å². The third kappa shape index (κ3) is 5.01. The fraction of sp³-hybridized carbons (Fsp3) is 0.500. The van der Waals surface area contributed by atoms with Crippen LogP contribution in [0.2, 0.25) is 0 Å². The van der Waals surface area contributed by atoms with Gasteiger partial charge in [-0.3, -0.25) is 9.48 Å². The number of hydrogen-bond acceptors (Lipinski definition) is 6. The molecule has 0 radical (unpaired) electrons. The number of benzene rings is 1. The van der Waals surface area contributed by atoms with Crippen LogP contribution in [0.4, 0.5) is 5.69 Å². The van der Waals surface area contributed by atoms with Gasteiger partial charge in [-0.15, -0.1) is 0 Å². The normalized spacial score (nSPS) is 21.8. The van der Waals surface area contributed by atoms with Crippen LogP contribution in [0, 0.1) is 11.8 Å². The summed E-state index contributed by atoms with van der Waals surface area (Å²) in [4.78, 5) is 17.3. The second-order valence-electron chi connectivity index (χ2n) is 9.45. The highest BCUT2D eigenvalue weighted by Gasteiger charge is 2.25. The van der Waals surface area contributed by atoms with Crippen LogP contribution in [-0.2, 0) is 4.74 Å². The summed E-state index contributed by atoms with van der Waals surface area (Å²) in [6.07, 6.45) is 6.85. The summed E-state index contributed by atoms with van der Waals surface area (Å²) in [7, 11) is 0. The molecule has 1 aromatic carbocycles. The topological polar surface area (TPSA) is 87.5 Å². The lowest BCUT2D eigenvalue weighted by Crippen LogP contribution is -2.21. The Kier molecular flexibility index (Phi) is 6.67. The van der Waals surface area contributed by atoms with Crippen LogP contribution >= 0.6 is 0 Å². The number of carbonyl (C=O) groups excluding carboxylic acids is 1. The van der Waals surface area contributed by atoms with E-state index in [0.29, 0.717) is 49.8 Å². The first-order valence-electron chi connectivity index (χ1n) is 12.2. The SMILES string of the molecule is CC(C)C1CCC(n2cc3cc4c(cc3n2)OCCOCCOc2cccc(n2)C(=O)N4)CC1. The maximum atomic E-state index is 13.0. The van der Waals surface area contributed by atoms with Crippen molar-refractivity contribution in [2.45, 2.75) is 45.6 Å². The molecule has 1 saturated carbocycles. The predicted octanol–water partition coefficient (Wildman–Crippen LogP) is 4.86. The van der Waals surface area contributed by atoms with Gasteiger partial charge in [-0.1, -0.05) is 19.9 Å². The van der Waals surface area contributed by atoms with Crippen molar-refractivity contribution in [2.75, 3.05) is 31.7 Å². The van der Waals surface area contributed by atoms with Crippen molar-refractivity contribution in [3.63, 3.8) is 0 Å². The van der Waals surface area contributed by atoms with Gasteiger partial charge in [0.1, 0.15) is 24.7 Å². The zero-order chi connectivity index (χ0) is 23.5. The van der Waals surface area contributed by atoms with Gasteiger partial charge in [-0.2, -0.15) is 5.10 Å². The highest BCUT2D eigenvalue weighted by atomic mass is 16.5. The van der Waals surface area contributed by atoms with Crippen molar-refractivity contribution in [2.24, 2.45) is 11.8 Å². The molecule has 0 atom stereocenters. The molecule has 1 amide bonds. The highest BCUT2D eigenvalue weighted by Crippen LogP contribution is 2.37. The number of anilines is 1. The molecule has 5 rings (SSSR count). The summed E-state index contributed by atoms with van der Waals surface area (Å²) < 4.78 is 19.3. The Morgan fingerprint density at radius 2 is 1.82 bits per heavy atom. The van der Waals surface area contributed by atoms with Gasteiger partial charge in [-0.25, -0.2) is 4.98 Å². The summed E-state index contributed by atoms with van der Waals surface area (Å²) in [5.74, 6) is 2.19. The predicted molar refractivity (Wildman–Crippen MR) is 130 cm³/mol. The third-order valence-electron chi connectivity index (χ3n) is 6.85. The molecule has 2 bridgehead atoms. The Morgan fingerprint density at radius 3 is 2.62 bits per heavy atom. The molecule has 0 spiro atoms. The van der Waals surface area contributed by atoms with Gasteiger partial charge in [0, 0.05) is 23.7 Å². The largest absolute Gasteiger partial charge is 0.489 e. The number of nitrogens with one attached hydrogen (secondary N) is 1. The molecule has 8 heteroatoms. The van der Waals surface area contributed by atoms with Crippen LogP contribution in [0.5, 0.6) is 11.6 Å². The molecule has 8 nitrogen and oxygen atoms in total. The number of fused-ring (bicyclic) bond motifs is 4. The standard InChI is InChI=1S/C26H32N4O4/c1-17(2)18-6-8-20(9-7-18)30-16-19-14-23-24(15-22(19)29-30)33-12-10-32-11-13-34-25-5-3-4-21(27-25)26(31)28-23/h3-5,14-18,20H,6-13H2,1-2H3,(H,28,31). The van der Waals surface area contributed by atoms with Crippen molar-refractivity contribution in [3.05, 3.63) is 42.2 Å². The zero-order valence-corrected chi connectivity index (χ0v) is 19.8. The van der Waals surface area contributed by atoms with E-state index in [2.05, 4.69) is 35.0 Å². The summed E-state index contributed by atoms with van der Waals surface area (Å²) in [6.45, 7) is 6.17. The third-order valence-corrected chi connectivity index (χ3v) is 6.85. The van der Waals surface area contributed by atoms with E-state index in [-0.39, 0.29) is 11.6 Å². The Bertz CT molecular complexity index is 1150. The molecule has 3 aromatic rings. The fourth-order valence-electron chi connectivity index (χ4n) is 4.83. The number of rotatable bonds is 2. The molecule has 180 valence electrons. The average Bonchev–Trinajstić information content (AvgIpc) is 3.26.